The van der Waals surface area contributed by atoms with E-state index >= 15 is 0 Å². The summed E-state index contributed by atoms with van der Waals surface area (Å²) in [5.74, 6) is 1.33. The first kappa shape index (κ1) is 14.4. The summed E-state index contributed by atoms with van der Waals surface area (Å²) in [6.45, 7) is 0.553. The van der Waals surface area contributed by atoms with Gasteiger partial charge in [0.15, 0.2) is 0 Å². The minimum atomic E-state index is -0.0667. The second kappa shape index (κ2) is 6.48. The fourth-order valence-electron chi connectivity index (χ4n) is 2.91. The van der Waals surface area contributed by atoms with Crippen molar-refractivity contribution >= 4 is 5.91 Å². The highest BCUT2D eigenvalue weighted by atomic mass is 16.5. The first-order valence-electron chi connectivity index (χ1n) is 8.03. The SMILES string of the molecule is NC(CNC(=O)c1cccc(OC2CCCC2)c1)C1CC1. The van der Waals surface area contributed by atoms with Crippen molar-refractivity contribution in [1.29, 1.82) is 0 Å². The van der Waals surface area contributed by atoms with Crippen molar-refractivity contribution in [3.63, 3.8) is 0 Å². The highest BCUT2D eigenvalue weighted by Gasteiger charge is 2.28. The first-order chi connectivity index (χ1) is 10.2. The Labute approximate surface area is 126 Å². The van der Waals surface area contributed by atoms with Crippen molar-refractivity contribution in [2.75, 3.05) is 6.54 Å². The molecule has 0 aliphatic heterocycles. The van der Waals surface area contributed by atoms with Gasteiger partial charge in [0.1, 0.15) is 5.75 Å². The molecule has 0 bridgehead atoms. The quantitative estimate of drug-likeness (QED) is 0.845. The molecule has 0 spiro atoms. The maximum atomic E-state index is 12.2. The van der Waals surface area contributed by atoms with Crippen LogP contribution in [-0.2, 0) is 0 Å². The lowest BCUT2D eigenvalue weighted by Crippen LogP contribution is -2.38. The van der Waals surface area contributed by atoms with Crippen molar-refractivity contribution in [1.82, 2.24) is 5.32 Å². The van der Waals surface area contributed by atoms with Gasteiger partial charge < -0.3 is 15.8 Å². The number of hydrogen-bond donors (Lipinski definition) is 2. The predicted molar refractivity (Wildman–Crippen MR) is 82.4 cm³/mol. The van der Waals surface area contributed by atoms with E-state index < -0.39 is 0 Å². The zero-order valence-electron chi connectivity index (χ0n) is 12.4. The van der Waals surface area contributed by atoms with Crippen LogP contribution in [0.25, 0.3) is 0 Å². The van der Waals surface area contributed by atoms with Crippen molar-refractivity contribution in [2.45, 2.75) is 50.7 Å². The van der Waals surface area contributed by atoms with Gasteiger partial charge in [0.2, 0.25) is 0 Å². The van der Waals surface area contributed by atoms with Crippen molar-refractivity contribution in [3.05, 3.63) is 29.8 Å². The molecule has 21 heavy (non-hydrogen) atoms. The molecular formula is C17H24N2O2. The molecule has 3 rings (SSSR count). The van der Waals surface area contributed by atoms with Gasteiger partial charge in [-0.1, -0.05) is 6.07 Å². The first-order valence-corrected chi connectivity index (χ1v) is 8.03. The standard InChI is InChI=1S/C17H24N2O2/c18-16(12-8-9-12)11-19-17(20)13-4-3-7-15(10-13)21-14-5-1-2-6-14/h3-4,7,10,12,14,16H,1-2,5-6,8-9,11,18H2,(H,19,20). The average molecular weight is 288 g/mol. The van der Waals surface area contributed by atoms with E-state index in [-0.39, 0.29) is 11.9 Å². The van der Waals surface area contributed by atoms with Crippen LogP contribution < -0.4 is 15.8 Å². The molecule has 114 valence electrons. The topological polar surface area (TPSA) is 64.3 Å². The summed E-state index contributed by atoms with van der Waals surface area (Å²) in [4.78, 5) is 12.2. The lowest BCUT2D eigenvalue weighted by molar-refractivity contribution is 0.0949. The predicted octanol–water partition coefficient (Wildman–Crippen LogP) is 2.48. The highest BCUT2D eigenvalue weighted by Crippen LogP contribution is 2.31. The van der Waals surface area contributed by atoms with Crippen LogP contribution in [0.15, 0.2) is 24.3 Å². The Kier molecular flexibility index (Phi) is 4.44. The van der Waals surface area contributed by atoms with Crippen LogP contribution in [0.5, 0.6) is 5.75 Å². The van der Waals surface area contributed by atoms with Gasteiger partial charge in [0, 0.05) is 18.2 Å². The van der Waals surface area contributed by atoms with Crippen LogP contribution in [-0.4, -0.2) is 24.6 Å². The summed E-state index contributed by atoms with van der Waals surface area (Å²) in [6.07, 6.45) is 7.42. The average Bonchev–Trinajstić information content (AvgIpc) is 3.23. The normalized spacial score (nSPS) is 20.2. The minimum absolute atomic E-state index is 0.0667. The minimum Gasteiger partial charge on any atom is -0.490 e. The Morgan fingerprint density at radius 1 is 1.29 bits per heavy atom. The molecule has 3 N–H and O–H groups in total. The van der Waals surface area contributed by atoms with Gasteiger partial charge >= 0.3 is 0 Å². The lowest BCUT2D eigenvalue weighted by Gasteiger charge is -2.14. The van der Waals surface area contributed by atoms with Crippen molar-refractivity contribution in [2.24, 2.45) is 11.7 Å². The van der Waals surface area contributed by atoms with Crippen molar-refractivity contribution in [3.8, 4) is 5.75 Å². The number of rotatable bonds is 6. The molecule has 0 radical (unpaired) electrons. The van der Waals surface area contributed by atoms with Gasteiger partial charge in [-0.2, -0.15) is 0 Å². The Morgan fingerprint density at radius 3 is 2.76 bits per heavy atom. The van der Waals surface area contributed by atoms with E-state index in [1.165, 1.54) is 25.7 Å². The highest BCUT2D eigenvalue weighted by molar-refractivity contribution is 5.94. The van der Waals surface area contributed by atoms with Crippen LogP contribution in [0.4, 0.5) is 0 Å². The summed E-state index contributed by atoms with van der Waals surface area (Å²) in [6, 6.07) is 7.53. The molecule has 1 aromatic carbocycles. The molecule has 2 fully saturated rings. The Bertz CT molecular complexity index is 493. The van der Waals surface area contributed by atoms with Crippen LogP contribution in [0.2, 0.25) is 0 Å². The summed E-state index contributed by atoms with van der Waals surface area (Å²) >= 11 is 0. The number of benzene rings is 1. The number of carbonyl (C=O) groups excluding carboxylic acids is 1. The summed E-state index contributed by atoms with van der Waals surface area (Å²) in [7, 11) is 0. The number of nitrogens with two attached hydrogens (primary N) is 1. The smallest absolute Gasteiger partial charge is 0.251 e. The van der Waals surface area contributed by atoms with Gasteiger partial charge in [-0.15, -0.1) is 0 Å². The molecule has 0 heterocycles. The Hall–Kier alpha value is -1.55. The number of nitrogens with one attached hydrogen (secondary N) is 1. The van der Waals surface area contributed by atoms with E-state index in [1.807, 2.05) is 24.3 Å². The van der Waals surface area contributed by atoms with Crippen LogP contribution in [0.1, 0.15) is 48.9 Å². The molecule has 4 heteroatoms. The molecule has 1 amide bonds. The van der Waals surface area contributed by atoms with Crippen LogP contribution in [0, 0.1) is 5.92 Å². The van der Waals surface area contributed by atoms with Crippen LogP contribution >= 0.6 is 0 Å². The van der Waals surface area contributed by atoms with Gasteiger partial charge in [-0.3, -0.25) is 4.79 Å². The molecule has 2 aliphatic carbocycles. The fraction of sp³-hybridized carbons (Fsp3) is 0.588. The summed E-state index contributed by atoms with van der Waals surface area (Å²) in [5.41, 5.74) is 6.65. The molecular weight excluding hydrogens is 264 g/mol. The third-order valence-electron chi connectivity index (χ3n) is 4.43. The van der Waals surface area contributed by atoms with E-state index in [9.17, 15) is 4.79 Å². The second-order valence-corrected chi connectivity index (χ2v) is 6.26. The maximum Gasteiger partial charge on any atom is 0.251 e. The van der Waals surface area contributed by atoms with E-state index in [2.05, 4.69) is 5.32 Å². The van der Waals surface area contributed by atoms with Gasteiger partial charge in [-0.25, -0.2) is 0 Å². The molecule has 0 aromatic heterocycles. The third-order valence-corrected chi connectivity index (χ3v) is 4.43. The fourth-order valence-corrected chi connectivity index (χ4v) is 2.91. The summed E-state index contributed by atoms with van der Waals surface area (Å²) in [5, 5.41) is 2.92. The number of ether oxygens (including phenoxy) is 1. The molecule has 2 aliphatic rings. The number of carbonyl (C=O) groups is 1. The number of amides is 1. The van der Waals surface area contributed by atoms with Gasteiger partial charge in [-0.05, 0) is 62.6 Å². The monoisotopic (exact) mass is 288 g/mol. The van der Waals surface area contributed by atoms with Gasteiger partial charge in [0.25, 0.3) is 5.91 Å². The number of hydrogen-bond acceptors (Lipinski definition) is 3. The summed E-state index contributed by atoms with van der Waals surface area (Å²) < 4.78 is 5.94. The second-order valence-electron chi connectivity index (χ2n) is 6.26. The Morgan fingerprint density at radius 2 is 2.05 bits per heavy atom. The third kappa shape index (κ3) is 3.97. The molecule has 1 aromatic rings. The van der Waals surface area contributed by atoms with Crippen molar-refractivity contribution < 1.29 is 9.53 Å². The van der Waals surface area contributed by atoms with E-state index in [1.54, 1.807) is 0 Å². The van der Waals surface area contributed by atoms with E-state index in [4.69, 9.17) is 10.5 Å². The zero-order valence-corrected chi connectivity index (χ0v) is 12.4. The molecule has 1 unspecified atom stereocenters. The van der Waals surface area contributed by atoms with E-state index in [0.29, 0.717) is 24.1 Å². The molecule has 0 saturated heterocycles. The Balaban J connectivity index is 1.54. The maximum absolute atomic E-state index is 12.2. The molecule has 1 atom stereocenters. The van der Waals surface area contributed by atoms with Crippen LogP contribution in [0.3, 0.4) is 0 Å². The van der Waals surface area contributed by atoms with E-state index in [0.717, 1.165) is 18.6 Å². The zero-order chi connectivity index (χ0) is 14.7. The molecule has 2 saturated carbocycles. The lowest BCUT2D eigenvalue weighted by atomic mass is 10.1. The van der Waals surface area contributed by atoms with Gasteiger partial charge in [0.05, 0.1) is 6.10 Å². The molecule has 4 nitrogen and oxygen atoms in total. The largest absolute Gasteiger partial charge is 0.490 e.